The molecule has 0 radical (unpaired) electrons. The molecule has 0 aromatic heterocycles. The molecule has 0 rings (SSSR count). The Morgan fingerprint density at radius 1 is 1.16 bits per heavy atom. The molecule has 0 aromatic carbocycles. The van der Waals surface area contributed by atoms with Crippen LogP contribution in [0.4, 0.5) is 0 Å². The lowest BCUT2D eigenvalue weighted by atomic mass is 9.81. The first-order chi connectivity index (χ1) is 8.48. The smallest absolute Gasteiger partial charge is 0.192 e. The number of hydrogen-bond acceptors (Lipinski definition) is 1. The van der Waals surface area contributed by atoms with E-state index in [4.69, 9.17) is 4.43 Å². The molecule has 0 heterocycles. The van der Waals surface area contributed by atoms with Gasteiger partial charge in [0.05, 0.1) is 6.10 Å². The van der Waals surface area contributed by atoms with Crippen molar-refractivity contribution >= 4 is 24.2 Å². The molecular formula is C16H33BrOSi. The molecule has 0 aromatic rings. The van der Waals surface area contributed by atoms with Crippen LogP contribution >= 0.6 is 15.9 Å². The van der Waals surface area contributed by atoms with E-state index in [1.807, 2.05) is 4.99 Å². The van der Waals surface area contributed by atoms with Crippen LogP contribution in [0.25, 0.3) is 0 Å². The van der Waals surface area contributed by atoms with Crippen LogP contribution < -0.4 is 0 Å². The largest absolute Gasteiger partial charge is 0.413 e. The van der Waals surface area contributed by atoms with E-state index in [1.54, 1.807) is 0 Å². The molecule has 0 saturated heterocycles. The molecule has 3 heteroatoms. The Hall–Kier alpha value is 0.397. The van der Waals surface area contributed by atoms with Crippen molar-refractivity contribution in [2.75, 3.05) is 0 Å². The third kappa shape index (κ3) is 6.13. The third-order valence-corrected chi connectivity index (χ3v) is 9.26. The highest BCUT2D eigenvalue weighted by atomic mass is 79.9. The molecule has 0 aliphatic carbocycles. The highest BCUT2D eigenvalue weighted by Gasteiger charge is 2.42. The SMILES string of the molecule is CCCC(O[Si](C)(C)C(C)(C)C)C(C)(C)CC=CBr. The van der Waals surface area contributed by atoms with Crippen LogP contribution in [0.15, 0.2) is 11.1 Å². The summed E-state index contributed by atoms with van der Waals surface area (Å²) in [5.41, 5.74) is 0.190. The number of halogens is 1. The molecule has 1 nitrogen and oxygen atoms in total. The molecule has 114 valence electrons. The minimum Gasteiger partial charge on any atom is -0.413 e. The van der Waals surface area contributed by atoms with Gasteiger partial charge in [-0.05, 0) is 41.4 Å². The standard InChI is InChI=1S/C16H33BrOSi/c1-9-11-14(16(5,6)12-10-13-17)18-19(7,8)15(2,3)4/h10,13-14H,9,11-12H2,1-8H3. The summed E-state index contributed by atoms with van der Waals surface area (Å²) in [6, 6.07) is 0. The third-order valence-electron chi connectivity index (χ3n) is 4.40. The summed E-state index contributed by atoms with van der Waals surface area (Å²) in [5.74, 6) is 0. The van der Waals surface area contributed by atoms with Gasteiger partial charge in [0.15, 0.2) is 8.32 Å². The van der Waals surface area contributed by atoms with Crippen molar-refractivity contribution in [2.24, 2.45) is 5.41 Å². The van der Waals surface area contributed by atoms with Crippen LogP contribution in [-0.4, -0.2) is 14.4 Å². The minimum absolute atomic E-state index is 0.190. The molecule has 0 bridgehead atoms. The monoisotopic (exact) mass is 348 g/mol. The summed E-state index contributed by atoms with van der Waals surface area (Å²) in [6.45, 7) is 18.5. The van der Waals surface area contributed by atoms with Gasteiger partial charge in [-0.3, -0.25) is 0 Å². The fourth-order valence-corrected chi connectivity index (χ4v) is 3.57. The van der Waals surface area contributed by atoms with Crippen molar-refractivity contribution in [3.05, 3.63) is 11.1 Å². The van der Waals surface area contributed by atoms with E-state index in [0.29, 0.717) is 6.10 Å². The van der Waals surface area contributed by atoms with Crippen molar-refractivity contribution < 1.29 is 4.43 Å². The fourth-order valence-electron chi connectivity index (χ4n) is 1.88. The molecule has 0 aliphatic rings. The second-order valence-corrected chi connectivity index (χ2v) is 13.0. The molecule has 1 atom stereocenters. The Bertz CT molecular complexity index is 290. The van der Waals surface area contributed by atoms with Crippen LogP contribution in [0, 0.1) is 5.41 Å². The lowest BCUT2D eigenvalue weighted by Gasteiger charge is -2.44. The van der Waals surface area contributed by atoms with E-state index in [-0.39, 0.29) is 10.5 Å². The Morgan fingerprint density at radius 3 is 2.05 bits per heavy atom. The van der Waals surface area contributed by atoms with Crippen LogP contribution in [0.1, 0.15) is 60.8 Å². The molecule has 0 amide bonds. The van der Waals surface area contributed by atoms with E-state index in [1.165, 1.54) is 6.42 Å². The topological polar surface area (TPSA) is 9.23 Å². The number of hydrogen-bond donors (Lipinski definition) is 0. The van der Waals surface area contributed by atoms with Gasteiger partial charge in [0.1, 0.15) is 0 Å². The Labute approximate surface area is 130 Å². The zero-order valence-electron chi connectivity index (χ0n) is 14.1. The van der Waals surface area contributed by atoms with E-state index in [9.17, 15) is 0 Å². The van der Waals surface area contributed by atoms with Gasteiger partial charge in [0.2, 0.25) is 0 Å². The van der Waals surface area contributed by atoms with Gasteiger partial charge in [-0.1, -0.05) is 70.0 Å². The predicted octanol–water partition coefficient (Wildman–Crippen LogP) is 6.50. The highest BCUT2D eigenvalue weighted by Crippen LogP contribution is 2.41. The summed E-state index contributed by atoms with van der Waals surface area (Å²) in [4.78, 5) is 1.96. The second kappa shape index (κ2) is 7.42. The van der Waals surface area contributed by atoms with E-state index in [0.717, 1.165) is 12.8 Å². The maximum atomic E-state index is 6.69. The molecule has 0 fully saturated rings. The zero-order chi connectivity index (χ0) is 15.3. The van der Waals surface area contributed by atoms with Crippen LogP contribution in [0.2, 0.25) is 18.1 Å². The first kappa shape index (κ1) is 19.4. The van der Waals surface area contributed by atoms with Gasteiger partial charge in [0.25, 0.3) is 0 Å². The Balaban J connectivity index is 5.02. The zero-order valence-corrected chi connectivity index (χ0v) is 16.7. The summed E-state index contributed by atoms with van der Waals surface area (Å²) >= 11 is 3.37. The Kier molecular flexibility index (Phi) is 7.57. The lowest BCUT2D eigenvalue weighted by Crippen LogP contribution is -2.47. The molecule has 0 aliphatic heterocycles. The molecular weight excluding hydrogens is 316 g/mol. The van der Waals surface area contributed by atoms with Crippen molar-refractivity contribution in [3.8, 4) is 0 Å². The van der Waals surface area contributed by atoms with E-state index < -0.39 is 8.32 Å². The van der Waals surface area contributed by atoms with Gasteiger partial charge in [-0.2, -0.15) is 0 Å². The maximum Gasteiger partial charge on any atom is 0.192 e. The van der Waals surface area contributed by atoms with Gasteiger partial charge in [-0.25, -0.2) is 0 Å². The summed E-state index contributed by atoms with van der Waals surface area (Å²) in [6.07, 6.45) is 5.92. The van der Waals surface area contributed by atoms with E-state index in [2.05, 4.69) is 76.6 Å². The minimum atomic E-state index is -1.69. The number of rotatable bonds is 7. The van der Waals surface area contributed by atoms with Crippen LogP contribution in [-0.2, 0) is 4.43 Å². The van der Waals surface area contributed by atoms with E-state index >= 15 is 0 Å². The molecule has 0 N–H and O–H groups in total. The van der Waals surface area contributed by atoms with Crippen molar-refractivity contribution in [1.29, 1.82) is 0 Å². The maximum absolute atomic E-state index is 6.69. The summed E-state index contributed by atoms with van der Waals surface area (Å²) in [7, 11) is -1.69. The highest BCUT2D eigenvalue weighted by molar-refractivity contribution is 9.11. The Morgan fingerprint density at radius 2 is 1.68 bits per heavy atom. The first-order valence-corrected chi connectivity index (χ1v) is 11.2. The average molecular weight is 349 g/mol. The van der Waals surface area contributed by atoms with Crippen molar-refractivity contribution in [1.82, 2.24) is 0 Å². The quantitative estimate of drug-likeness (QED) is 0.477. The summed E-state index contributed by atoms with van der Waals surface area (Å²) < 4.78 is 6.69. The number of allylic oxidation sites excluding steroid dienone is 1. The van der Waals surface area contributed by atoms with Crippen molar-refractivity contribution in [2.45, 2.75) is 85.0 Å². The first-order valence-electron chi connectivity index (χ1n) is 7.41. The fraction of sp³-hybridized carbons (Fsp3) is 0.875. The molecule has 1 unspecified atom stereocenters. The van der Waals surface area contributed by atoms with Crippen LogP contribution in [0.3, 0.4) is 0 Å². The normalized spacial score (nSPS) is 16.1. The predicted molar refractivity (Wildman–Crippen MR) is 93.4 cm³/mol. The van der Waals surface area contributed by atoms with Crippen LogP contribution in [0.5, 0.6) is 0 Å². The molecule has 0 spiro atoms. The van der Waals surface area contributed by atoms with Gasteiger partial charge < -0.3 is 4.43 Å². The average Bonchev–Trinajstić information content (AvgIpc) is 2.24. The molecule has 19 heavy (non-hydrogen) atoms. The molecule has 0 saturated carbocycles. The van der Waals surface area contributed by atoms with Gasteiger partial charge in [0, 0.05) is 0 Å². The lowest BCUT2D eigenvalue weighted by molar-refractivity contribution is 0.0543. The second-order valence-electron chi connectivity index (χ2n) is 7.71. The van der Waals surface area contributed by atoms with Crippen molar-refractivity contribution in [3.63, 3.8) is 0 Å². The van der Waals surface area contributed by atoms with Gasteiger partial charge in [-0.15, -0.1) is 0 Å². The summed E-state index contributed by atoms with van der Waals surface area (Å²) in [5, 5.41) is 0.278. The van der Waals surface area contributed by atoms with Gasteiger partial charge >= 0.3 is 0 Å².